The van der Waals surface area contributed by atoms with Gasteiger partial charge in [-0.15, -0.1) is 0 Å². The molecule has 5 heteroatoms. The highest BCUT2D eigenvalue weighted by molar-refractivity contribution is 5.73. The normalized spacial score (nSPS) is 13.9. The molecule has 0 rings (SSSR count). The standard InChI is InChI=1S/C13H27NO4/c1-10(2)14-11(12(15)16)6-7-17-8-9-18-13(3,4)5/h10-11,14H,6-9H2,1-5H3,(H,15,16). The van der Waals surface area contributed by atoms with E-state index >= 15 is 0 Å². The molecule has 5 nitrogen and oxygen atoms in total. The second-order valence-corrected chi connectivity index (χ2v) is 5.57. The van der Waals surface area contributed by atoms with E-state index in [0.717, 1.165) is 0 Å². The third-order valence-electron chi connectivity index (χ3n) is 2.15. The lowest BCUT2D eigenvalue weighted by molar-refractivity contribution is -0.140. The van der Waals surface area contributed by atoms with Crippen molar-refractivity contribution in [3.8, 4) is 0 Å². The van der Waals surface area contributed by atoms with Gasteiger partial charge in [0.25, 0.3) is 0 Å². The van der Waals surface area contributed by atoms with Crippen LogP contribution in [0.5, 0.6) is 0 Å². The van der Waals surface area contributed by atoms with Gasteiger partial charge in [0.2, 0.25) is 0 Å². The van der Waals surface area contributed by atoms with Gasteiger partial charge in [-0.3, -0.25) is 4.79 Å². The summed E-state index contributed by atoms with van der Waals surface area (Å²) in [6.07, 6.45) is 0.461. The van der Waals surface area contributed by atoms with E-state index in [1.807, 2.05) is 34.6 Å². The van der Waals surface area contributed by atoms with Gasteiger partial charge in [-0.25, -0.2) is 0 Å². The highest BCUT2D eigenvalue weighted by Crippen LogP contribution is 2.05. The average Bonchev–Trinajstić information content (AvgIpc) is 2.18. The predicted molar refractivity (Wildman–Crippen MR) is 70.8 cm³/mol. The van der Waals surface area contributed by atoms with Gasteiger partial charge in [0, 0.05) is 12.6 Å². The lowest BCUT2D eigenvalue weighted by atomic mass is 10.2. The molecule has 0 aliphatic rings. The van der Waals surface area contributed by atoms with Crippen LogP contribution in [-0.4, -0.2) is 48.6 Å². The maximum atomic E-state index is 10.9. The molecule has 0 bridgehead atoms. The van der Waals surface area contributed by atoms with Crippen molar-refractivity contribution < 1.29 is 19.4 Å². The summed E-state index contributed by atoms with van der Waals surface area (Å²) in [5.41, 5.74) is -0.161. The fourth-order valence-corrected chi connectivity index (χ4v) is 1.39. The zero-order chi connectivity index (χ0) is 14.2. The molecular formula is C13H27NO4. The molecule has 1 atom stereocenters. The van der Waals surface area contributed by atoms with E-state index in [1.165, 1.54) is 0 Å². The number of hydrogen-bond donors (Lipinski definition) is 2. The van der Waals surface area contributed by atoms with Gasteiger partial charge < -0.3 is 19.9 Å². The molecule has 0 amide bonds. The Labute approximate surface area is 110 Å². The molecule has 0 saturated heterocycles. The molecule has 0 aromatic rings. The first-order chi connectivity index (χ1) is 8.22. The van der Waals surface area contributed by atoms with Crippen molar-refractivity contribution in [1.82, 2.24) is 5.32 Å². The van der Waals surface area contributed by atoms with E-state index in [4.69, 9.17) is 14.6 Å². The summed E-state index contributed by atoms with van der Waals surface area (Å²) in [7, 11) is 0. The Morgan fingerprint density at radius 1 is 1.22 bits per heavy atom. The first kappa shape index (κ1) is 17.4. The molecule has 0 aromatic heterocycles. The van der Waals surface area contributed by atoms with E-state index in [1.54, 1.807) is 0 Å². The van der Waals surface area contributed by atoms with Crippen LogP contribution in [0.2, 0.25) is 0 Å². The number of carboxylic acids is 1. The number of carbonyl (C=O) groups is 1. The molecule has 1 unspecified atom stereocenters. The van der Waals surface area contributed by atoms with Crippen LogP contribution in [0.1, 0.15) is 41.0 Å². The maximum absolute atomic E-state index is 10.9. The van der Waals surface area contributed by atoms with Crippen LogP contribution in [0.15, 0.2) is 0 Å². The zero-order valence-corrected chi connectivity index (χ0v) is 12.2. The fourth-order valence-electron chi connectivity index (χ4n) is 1.39. The van der Waals surface area contributed by atoms with Gasteiger partial charge in [-0.1, -0.05) is 13.8 Å². The average molecular weight is 261 g/mol. The van der Waals surface area contributed by atoms with Crippen molar-refractivity contribution in [3.63, 3.8) is 0 Å². The van der Waals surface area contributed by atoms with Crippen LogP contribution < -0.4 is 5.32 Å². The second-order valence-electron chi connectivity index (χ2n) is 5.57. The Kier molecular flexibility index (Phi) is 8.15. The largest absolute Gasteiger partial charge is 0.480 e. The van der Waals surface area contributed by atoms with Gasteiger partial charge in [0.1, 0.15) is 6.04 Å². The van der Waals surface area contributed by atoms with E-state index in [-0.39, 0.29) is 11.6 Å². The molecule has 0 heterocycles. The Balaban J connectivity index is 3.65. The predicted octanol–water partition coefficient (Wildman–Crippen LogP) is 1.66. The minimum absolute atomic E-state index is 0.148. The topological polar surface area (TPSA) is 67.8 Å². The van der Waals surface area contributed by atoms with Crippen LogP contribution in [0.3, 0.4) is 0 Å². The number of nitrogens with one attached hydrogen (secondary N) is 1. The van der Waals surface area contributed by atoms with Gasteiger partial charge >= 0.3 is 5.97 Å². The molecule has 108 valence electrons. The minimum Gasteiger partial charge on any atom is -0.480 e. The van der Waals surface area contributed by atoms with Crippen LogP contribution in [-0.2, 0) is 14.3 Å². The quantitative estimate of drug-likeness (QED) is 0.618. The summed E-state index contributed by atoms with van der Waals surface area (Å²) < 4.78 is 10.9. The number of aliphatic carboxylic acids is 1. The fraction of sp³-hybridized carbons (Fsp3) is 0.923. The van der Waals surface area contributed by atoms with Crippen LogP contribution in [0.4, 0.5) is 0 Å². The highest BCUT2D eigenvalue weighted by atomic mass is 16.5. The molecule has 0 saturated carbocycles. The molecular weight excluding hydrogens is 234 g/mol. The summed E-state index contributed by atoms with van der Waals surface area (Å²) in [5.74, 6) is -0.835. The summed E-state index contributed by atoms with van der Waals surface area (Å²) in [5, 5.41) is 12.0. The van der Waals surface area contributed by atoms with Gasteiger partial charge in [-0.05, 0) is 27.2 Å². The first-order valence-electron chi connectivity index (χ1n) is 6.43. The summed E-state index contributed by atoms with van der Waals surface area (Å²) in [6.45, 7) is 11.2. The molecule has 18 heavy (non-hydrogen) atoms. The molecule has 0 aliphatic heterocycles. The summed E-state index contributed by atoms with van der Waals surface area (Å²) in [6, 6.07) is -0.399. The third-order valence-corrected chi connectivity index (χ3v) is 2.15. The van der Waals surface area contributed by atoms with Crippen molar-refractivity contribution >= 4 is 5.97 Å². The number of hydrogen-bond acceptors (Lipinski definition) is 4. The monoisotopic (exact) mass is 261 g/mol. The van der Waals surface area contributed by atoms with Crippen molar-refractivity contribution in [2.75, 3.05) is 19.8 Å². The molecule has 0 radical (unpaired) electrons. The summed E-state index contributed by atoms with van der Waals surface area (Å²) in [4.78, 5) is 10.9. The van der Waals surface area contributed by atoms with Crippen molar-refractivity contribution in [2.45, 2.75) is 58.7 Å². The second kappa shape index (κ2) is 8.45. The van der Waals surface area contributed by atoms with Crippen molar-refractivity contribution in [3.05, 3.63) is 0 Å². The Bertz CT molecular complexity index is 236. The molecule has 0 fully saturated rings. The SMILES string of the molecule is CC(C)NC(CCOCCOC(C)(C)C)C(=O)O. The van der Waals surface area contributed by atoms with Crippen LogP contribution in [0.25, 0.3) is 0 Å². The van der Waals surface area contributed by atoms with Crippen LogP contribution >= 0.6 is 0 Å². The molecule has 2 N–H and O–H groups in total. The van der Waals surface area contributed by atoms with Crippen molar-refractivity contribution in [1.29, 1.82) is 0 Å². The smallest absolute Gasteiger partial charge is 0.320 e. The van der Waals surface area contributed by atoms with Gasteiger partial charge in [-0.2, -0.15) is 0 Å². The van der Waals surface area contributed by atoms with Gasteiger partial charge in [0.15, 0.2) is 0 Å². The van der Waals surface area contributed by atoms with E-state index in [0.29, 0.717) is 26.2 Å². The molecule has 0 spiro atoms. The first-order valence-corrected chi connectivity index (χ1v) is 6.43. The lowest BCUT2D eigenvalue weighted by Gasteiger charge is -2.20. The highest BCUT2D eigenvalue weighted by Gasteiger charge is 2.17. The van der Waals surface area contributed by atoms with E-state index in [9.17, 15) is 4.79 Å². The number of rotatable bonds is 9. The van der Waals surface area contributed by atoms with E-state index < -0.39 is 12.0 Å². The lowest BCUT2D eigenvalue weighted by Crippen LogP contribution is -2.41. The Morgan fingerprint density at radius 3 is 2.28 bits per heavy atom. The Morgan fingerprint density at radius 2 is 1.83 bits per heavy atom. The van der Waals surface area contributed by atoms with Gasteiger partial charge in [0.05, 0.1) is 18.8 Å². The Hall–Kier alpha value is -0.650. The van der Waals surface area contributed by atoms with Crippen LogP contribution in [0, 0.1) is 0 Å². The van der Waals surface area contributed by atoms with Crippen molar-refractivity contribution in [2.24, 2.45) is 0 Å². The summed E-state index contributed by atoms with van der Waals surface area (Å²) >= 11 is 0. The third kappa shape index (κ3) is 10.5. The van der Waals surface area contributed by atoms with E-state index in [2.05, 4.69) is 5.32 Å². The number of ether oxygens (including phenoxy) is 2. The molecule has 0 aliphatic carbocycles. The zero-order valence-electron chi connectivity index (χ0n) is 12.2. The molecule has 0 aromatic carbocycles. The minimum atomic E-state index is -0.835. The maximum Gasteiger partial charge on any atom is 0.320 e. The number of carboxylic acid groups (broad SMARTS) is 1.